The van der Waals surface area contributed by atoms with Crippen LogP contribution in [0.25, 0.3) is 0 Å². The van der Waals surface area contributed by atoms with E-state index in [0.29, 0.717) is 19.5 Å². The Kier molecular flexibility index (Phi) is 5.11. The van der Waals surface area contributed by atoms with Gasteiger partial charge in [0, 0.05) is 18.0 Å². The Labute approximate surface area is 151 Å². The van der Waals surface area contributed by atoms with Crippen LogP contribution >= 0.6 is 11.3 Å². The van der Waals surface area contributed by atoms with Gasteiger partial charge in [-0.3, -0.25) is 0 Å². The second kappa shape index (κ2) is 7.03. The Bertz CT molecular complexity index is 858. The van der Waals surface area contributed by atoms with Crippen molar-refractivity contribution in [2.75, 3.05) is 29.5 Å². The Balaban J connectivity index is 1.60. The predicted molar refractivity (Wildman–Crippen MR) is 91.2 cm³/mol. The lowest BCUT2D eigenvalue weighted by Crippen LogP contribution is -2.39. The van der Waals surface area contributed by atoms with Crippen molar-refractivity contribution in [3.05, 3.63) is 28.7 Å². The summed E-state index contributed by atoms with van der Waals surface area (Å²) in [5.74, 6) is -0.860. The van der Waals surface area contributed by atoms with E-state index in [4.69, 9.17) is 0 Å². The van der Waals surface area contributed by atoms with Gasteiger partial charge >= 0.3 is 12.1 Å². The number of anilines is 1. The fourth-order valence-corrected chi connectivity index (χ4v) is 4.90. The zero-order chi connectivity index (χ0) is 18.9. The summed E-state index contributed by atoms with van der Waals surface area (Å²) in [7, 11) is -2.95. The zero-order valence-corrected chi connectivity index (χ0v) is 15.1. The second-order valence-corrected chi connectivity index (χ2v) is 9.30. The monoisotopic (exact) mass is 408 g/mol. The molecule has 3 heterocycles. The third-order valence-electron chi connectivity index (χ3n) is 4.01. The maximum Gasteiger partial charge on any atom is 0.437 e. The minimum atomic E-state index is -4.73. The molecule has 0 spiro atoms. The number of sulfone groups is 1. The van der Waals surface area contributed by atoms with Crippen LogP contribution in [0.5, 0.6) is 0 Å². The Morgan fingerprint density at radius 2 is 1.96 bits per heavy atom. The number of hydrogen-bond donors (Lipinski definition) is 0. The summed E-state index contributed by atoms with van der Waals surface area (Å²) in [4.78, 5) is 18.4. The number of rotatable bonds is 4. The summed E-state index contributed by atoms with van der Waals surface area (Å²) in [6, 6.07) is 3.73. The summed E-state index contributed by atoms with van der Waals surface area (Å²) in [5.41, 5.74) is -1.86. The number of allylic oxidation sites excluding steroid dienone is 1. The Hall–Kier alpha value is -1.88. The molecule has 0 aromatic carbocycles. The number of aryl methyl sites for hydroxylation is 1. The number of alkyl halides is 3. The van der Waals surface area contributed by atoms with Crippen molar-refractivity contribution in [1.82, 2.24) is 0 Å². The van der Waals surface area contributed by atoms with Crippen molar-refractivity contribution in [1.29, 1.82) is 0 Å². The SMILES string of the molecule is O=C1ON=C(C(F)(F)F)/C1=C/CCc1ccc(N2CCS(=O)(=O)CC2)s1. The predicted octanol–water partition coefficient (Wildman–Crippen LogP) is 2.32. The number of thiophene rings is 1. The molecule has 1 aromatic heterocycles. The molecule has 1 aromatic rings. The molecule has 0 saturated carbocycles. The normalized spacial score (nSPS) is 21.8. The molecule has 0 unspecified atom stereocenters. The van der Waals surface area contributed by atoms with Crippen molar-refractivity contribution < 1.29 is 31.2 Å². The first kappa shape index (κ1) is 18.9. The molecule has 142 valence electrons. The largest absolute Gasteiger partial charge is 0.437 e. The highest BCUT2D eigenvalue weighted by Crippen LogP contribution is 2.30. The highest BCUT2D eigenvalue weighted by Gasteiger charge is 2.45. The average molecular weight is 408 g/mol. The molecule has 0 radical (unpaired) electrons. The molecule has 0 bridgehead atoms. The zero-order valence-electron chi connectivity index (χ0n) is 13.5. The van der Waals surface area contributed by atoms with Gasteiger partial charge in [-0.1, -0.05) is 11.2 Å². The Morgan fingerprint density at radius 3 is 2.62 bits per heavy atom. The Morgan fingerprint density at radius 1 is 1.27 bits per heavy atom. The third kappa shape index (κ3) is 4.26. The number of nitrogens with zero attached hydrogens (tertiary/aromatic N) is 2. The van der Waals surface area contributed by atoms with Crippen LogP contribution in [-0.4, -0.2) is 50.9 Å². The molecule has 1 saturated heterocycles. The van der Waals surface area contributed by atoms with Gasteiger partial charge in [0.15, 0.2) is 15.5 Å². The maximum atomic E-state index is 12.7. The van der Waals surface area contributed by atoms with E-state index in [2.05, 4.69) is 9.99 Å². The fourth-order valence-electron chi connectivity index (χ4n) is 2.63. The van der Waals surface area contributed by atoms with Gasteiger partial charge in [0.25, 0.3) is 0 Å². The molecular formula is C15H15F3N2O4S2. The number of carbonyl (C=O) groups is 1. The van der Waals surface area contributed by atoms with E-state index in [-0.39, 0.29) is 17.9 Å². The van der Waals surface area contributed by atoms with Crippen LogP contribution in [0.4, 0.5) is 18.2 Å². The van der Waals surface area contributed by atoms with Crippen LogP contribution < -0.4 is 4.90 Å². The summed E-state index contributed by atoms with van der Waals surface area (Å²) < 4.78 is 61.2. The van der Waals surface area contributed by atoms with Crippen LogP contribution in [0.3, 0.4) is 0 Å². The number of halogens is 3. The first-order chi connectivity index (χ1) is 12.2. The number of carbonyl (C=O) groups excluding carboxylic acids is 1. The highest BCUT2D eigenvalue weighted by atomic mass is 32.2. The first-order valence-corrected chi connectivity index (χ1v) is 10.4. The lowest BCUT2D eigenvalue weighted by molar-refractivity contribution is -0.136. The average Bonchev–Trinajstić information content (AvgIpc) is 3.15. The quantitative estimate of drug-likeness (QED) is 0.565. The molecule has 0 atom stereocenters. The molecular weight excluding hydrogens is 393 g/mol. The highest BCUT2D eigenvalue weighted by molar-refractivity contribution is 7.91. The molecule has 26 heavy (non-hydrogen) atoms. The fraction of sp³-hybridized carbons (Fsp3) is 0.467. The van der Waals surface area contributed by atoms with E-state index in [9.17, 15) is 26.4 Å². The summed E-state index contributed by atoms with van der Waals surface area (Å²) >= 11 is 1.46. The first-order valence-electron chi connectivity index (χ1n) is 7.77. The van der Waals surface area contributed by atoms with Crippen LogP contribution in [0.1, 0.15) is 11.3 Å². The standard InChI is InChI=1S/C15H15F3N2O4S2/c16-15(17,18)13-11(14(21)24-19-13)3-1-2-10-4-5-12(25-10)20-6-8-26(22,23)9-7-20/h3-5H,1-2,6-9H2/b11-3-. The van der Waals surface area contributed by atoms with Gasteiger partial charge < -0.3 is 9.74 Å². The van der Waals surface area contributed by atoms with Gasteiger partial charge in [-0.15, -0.1) is 11.3 Å². The molecule has 1 fully saturated rings. The van der Waals surface area contributed by atoms with E-state index in [1.807, 2.05) is 17.0 Å². The second-order valence-electron chi connectivity index (χ2n) is 5.85. The molecule has 2 aliphatic heterocycles. The van der Waals surface area contributed by atoms with Gasteiger partial charge in [0.05, 0.1) is 22.1 Å². The van der Waals surface area contributed by atoms with Crippen LogP contribution in [0.2, 0.25) is 0 Å². The molecule has 2 aliphatic rings. The topological polar surface area (TPSA) is 76.0 Å². The van der Waals surface area contributed by atoms with Crippen molar-refractivity contribution in [2.24, 2.45) is 5.16 Å². The van der Waals surface area contributed by atoms with Gasteiger partial charge in [-0.05, 0) is 25.0 Å². The summed E-state index contributed by atoms with van der Waals surface area (Å²) in [6.45, 7) is 0.868. The minimum Gasteiger partial charge on any atom is -0.361 e. The van der Waals surface area contributed by atoms with Gasteiger partial charge in [-0.2, -0.15) is 13.2 Å². The molecule has 3 rings (SSSR count). The number of oxime groups is 1. The third-order valence-corrected chi connectivity index (χ3v) is 6.82. The smallest absolute Gasteiger partial charge is 0.361 e. The van der Waals surface area contributed by atoms with Crippen LogP contribution in [0.15, 0.2) is 28.9 Å². The van der Waals surface area contributed by atoms with Crippen molar-refractivity contribution in [3.63, 3.8) is 0 Å². The molecule has 0 amide bonds. The van der Waals surface area contributed by atoms with E-state index in [1.54, 1.807) is 0 Å². The summed E-state index contributed by atoms with van der Waals surface area (Å²) in [5, 5.41) is 3.72. The van der Waals surface area contributed by atoms with E-state index in [0.717, 1.165) is 9.88 Å². The number of hydrogen-bond acceptors (Lipinski definition) is 7. The molecule has 11 heteroatoms. The lowest BCUT2D eigenvalue weighted by atomic mass is 10.1. The van der Waals surface area contributed by atoms with Crippen molar-refractivity contribution in [3.8, 4) is 0 Å². The van der Waals surface area contributed by atoms with E-state index >= 15 is 0 Å². The maximum absolute atomic E-state index is 12.7. The lowest BCUT2D eigenvalue weighted by Gasteiger charge is -2.27. The van der Waals surface area contributed by atoms with Gasteiger partial charge in [-0.25, -0.2) is 13.2 Å². The minimum absolute atomic E-state index is 0.119. The summed E-state index contributed by atoms with van der Waals surface area (Å²) in [6.07, 6.45) is -2.86. The van der Waals surface area contributed by atoms with Gasteiger partial charge in [0.1, 0.15) is 0 Å². The van der Waals surface area contributed by atoms with Crippen molar-refractivity contribution >= 4 is 37.9 Å². The van der Waals surface area contributed by atoms with Gasteiger partial charge in [0.2, 0.25) is 0 Å². The van der Waals surface area contributed by atoms with Crippen LogP contribution in [-0.2, 0) is 25.9 Å². The van der Waals surface area contributed by atoms with E-state index < -0.39 is 33.3 Å². The van der Waals surface area contributed by atoms with E-state index in [1.165, 1.54) is 17.4 Å². The van der Waals surface area contributed by atoms with Crippen LogP contribution in [0, 0.1) is 0 Å². The molecule has 0 aliphatic carbocycles. The molecule has 6 nitrogen and oxygen atoms in total. The molecule has 0 N–H and O–H groups in total. The van der Waals surface area contributed by atoms with Crippen molar-refractivity contribution in [2.45, 2.75) is 19.0 Å².